The molecule has 0 saturated heterocycles. The van der Waals surface area contributed by atoms with Gasteiger partial charge in [-0.3, -0.25) is 0 Å². The average molecular weight is 1380 g/mol. The van der Waals surface area contributed by atoms with E-state index in [1.807, 2.05) is 0 Å². The highest BCUT2D eigenvalue weighted by molar-refractivity contribution is 6.26. The number of fused-ring (bicyclic) bond motifs is 32. The lowest BCUT2D eigenvalue weighted by atomic mass is 9.65. The Kier molecular flexibility index (Phi) is 11.5. The molecule has 1 spiro atoms. The Morgan fingerprint density at radius 3 is 1.00 bits per heavy atom. The van der Waals surface area contributed by atoms with Crippen LogP contribution in [0.15, 0.2) is 306 Å². The van der Waals surface area contributed by atoms with Crippen molar-refractivity contribution in [3.63, 3.8) is 0 Å². The summed E-state index contributed by atoms with van der Waals surface area (Å²) in [7, 11) is 0. The summed E-state index contributed by atoms with van der Waals surface area (Å²) < 4.78 is 18.5. The third-order valence-corrected chi connectivity index (χ3v) is 26.7. The van der Waals surface area contributed by atoms with Gasteiger partial charge in [0, 0.05) is 77.1 Å². The first-order valence-electron chi connectivity index (χ1n) is 38.3. The number of nitrogens with zero attached hydrogens (tertiary/aromatic N) is 3. The lowest BCUT2D eigenvalue weighted by Gasteiger charge is -2.40. The number of rotatable bonds is 6. The van der Waals surface area contributed by atoms with E-state index in [0.717, 1.165) is 106 Å². The van der Waals surface area contributed by atoms with E-state index in [0.29, 0.717) is 0 Å². The molecule has 0 unspecified atom stereocenters. The zero-order chi connectivity index (χ0) is 72.0. The van der Waals surface area contributed by atoms with Gasteiger partial charge in [0.1, 0.15) is 22.3 Å². The monoisotopic (exact) mass is 1380 g/mol. The highest BCUT2D eigenvalue weighted by Crippen LogP contribution is 2.68. The first kappa shape index (κ1) is 60.6. The highest BCUT2D eigenvalue weighted by Gasteiger charge is 2.55. The van der Waals surface area contributed by atoms with Crippen molar-refractivity contribution in [2.75, 3.05) is 9.80 Å². The number of hydrogen-bond acceptors (Lipinski definition) is 4. The molecule has 5 aliphatic carbocycles. The van der Waals surface area contributed by atoms with Gasteiger partial charge in [0.25, 0.3) is 0 Å². The molecule has 1 aliphatic heterocycles. The van der Waals surface area contributed by atoms with Crippen LogP contribution >= 0.6 is 0 Å². The van der Waals surface area contributed by atoms with Crippen molar-refractivity contribution in [3.8, 4) is 61.3 Å². The van der Waals surface area contributed by atoms with Crippen LogP contribution < -0.4 is 9.80 Å². The van der Waals surface area contributed by atoms with Gasteiger partial charge in [0.2, 0.25) is 0 Å². The summed E-state index contributed by atoms with van der Waals surface area (Å²) in [4.78, 5) is 5.22. The van der Waals surface area contributed by atoms with Crippen LogP contribution in [0.4, 0.5) is 34.1 Å². The Balaban J connectivity index is 0.871. The molecule has 0 N–H and O–H groups in total. The molecule has 24 rings (SSSR count). The molecule has 5 nitrogen and oxygen atoms in total. The molecule has 0 atom stereocenters. The predicted molar refractivity (Wildman–Crippen MR) is 446 cm³/mol. The molecule has 0 fully saturated rings. The summed E-state index contributed by atoms with van der Waals surface area (Å²) in [5.41, 5.74) is 38.5. The smallest absolute Gasteiger partial charge is 0.145 e. The molecule has 0 bridgehead atoms. The quantitative estimate of drug-likeness (QED) is 0.166. The molecular formula is C103H73N3O2. The molecule has 3 aromatic heterocycles. The Labute approximate surface area is 626 Å². The number of hydrogen-bond donors (Lipinski definition) is 0. The summed E-state index contributed by atoms with van der Waals surface area (Å²) in [6, 6.07) is 114. The maximum absolute atomic E-state index is 7.96. The average Bonchev–Trinajstić information content (AvgIpc) is 1.47. The van der Waals surface area contributed by atoms with Gasteiger partial charge in [-0.1, -0.05) is 268 Å². The largest absolute Gasteiger partial charge is 0.455 e. The van der Waals surface area contributed by atoms with Crippen LogP contribution in [0.2, 0.25) is 0 Å². The molecule has 15 aromatic carbocycles. The zero-order valence-electron chi connectivity index (χ0n) is 61.4. The van der Waals surface area contributed by atoms with Crippen molar-refractivity contribution in [1.29, 1.82) is 0 Å². The van der Waals surface area contributed by atoms with Gasteiger partial charge >= 0.3 is 0 Å². The molecule has 512 valence electrons. The van der Waals surface area contributed by atoms with Crippen molar-refractivity contribution in [1.82, 2.24) is 4.57 Å². The van der Waals surface area contributed by atoms with Crippen molar-refractivity contribution in [2.45, 2.75) is 82.5 Å². The third kappa shape index (κ3) is 7.33. The van der Waals surface area contributed by atoms with Crippen LogP contribution in [-0.4, -0.2) is 4.57 Å². The molecule has 5 heteroatoms. The SMILES string of the molecule is CC1(C)c2ccccc2-c2ccc(N(c3ccc4c(c3)C(C)(C)c3ccccc3-4)c3cc4c(c5oc6ccccc6c35)-c3c(cc(N(c5ccc6c(c5)C(C)(C)c5ccccc5-6)c5ccc6c(c5)C(C)(C)c5ccccc5-6)c5c3oc3ccccc35)C43c4ccccc4-n4c5ccccc5c5cccc3c54)cc21. The van der Waals surface area contributed by atoms with Gasteiger partial charge in [-0.05, 0) is 196 Å². The zero-order valence-corrected chi connectivity index (χ0v) is 61.4. The molecule has 4 heterocycles. The van der Waals surface area contributed by atoms with Crippen LogP contribution in [0.5, 0.6) is 0 Å². The number of para-hydroxylation sites is 5. The highest BCUT2D eigenvalue weighted by atomic mass is 16.3. The van der Waals surface area contributed by atoms with Crippen LogP contribution in [0, 0.1) is 0 Å². The minimum Gasteiger partial charge on any atom is -0.455 e. The lowest BCUT2D eigenvalue weighted by molar-refractivity contribution is 0.659. The maximum Gasteiger partial charge on any atom is 0.145 e. The van der Waals surface area contributed by atoms with Crippen LogP contribution in [0.25, 0.3) is 127 Å². The number of aromatic nitrogens is 1. The Bertz CT molecular complexity index is 6600. The van der Waals surface area contributed by atoms with Gasteiger partial charge in [0.05, 0.1) is 44.3 Å². The fraction of sp³-hybridized carbons (Fsp3) is 0.126. The van der Waals surface area contributed by atoms with E-state index in [1.165, 1.54) is 122 Å². The Hall–Kier alpha value is -12.7. The van der Waals surface area contributed by atoms with Crippen molar-refractivity contribution >= 4 is 99.8 Å². The van der Waals surface area contributed by atoms with Gasteiger partial charge in [-0.2, -0.15) is 0 Å². The normalized spacial score (nSPS) is 15.8. The van der Waals surface area contributed by atoms with Crippen molar-refractivity contribution in [3.05, 3.63) is 364 Å². The van der Waals surface area contributed by atoms with Gasteiger partial charge < -0.3 is 23.2 Å². The molecule has 0 radical (unpaired) electrons. The number of furan rings is 2. The van der Waals surface area contributed by atoms with Crippen molar-refractivity contribution < 1.29 is 8.83 Å². The van der Waals surface area contributed by atoms with E-state index in [9.17, 15) is 0 Å². The van der Waals surface area contributed by atoms with E-state index < -0.39 is 5.41 Å². The number of benzene rings is 15. The molecule has 0 saturated carbocycles. The fourth-order valence-electron chi connectivity index (χ4n) is 21.8. The van der Waals surface area contributed by atoms with Gasteiger partial charge in [-0.25, -0.2) is 0 Å². The standard InChI is InChI=1S/C103H73N3O2/c1-99(2)74-34-16-9-26-62(74)66-48-44-58(52-80(66)99)104(59-45-49-67-63-27-10-17-35-75(63)100(3,4)81(67)53-59)88-56-84-94(97-92(88)72-31-14-23-42-90(72)107-97)95-85(103(84)78-38-20-22-41-87(78)106-86-40-21-13-30-70(86)71-33-25-39-79(103)96(71)106)57-89(93-73-32-15-24-43-91(73)108-98(93)95)105(60-46-50-68-64-28-11-18-36-76(64)101(5,6)82(68)54-60)61-47-51-69-65-29-12-19-37-77(65)102(7,8)83(69)55-61/h9-57H,1-8H3. The van der Waals surface area contributed by atoms with E-state index in [1.54, 1.807) is 0 Å². The van der Waals surface area contributed by atoms with Crippen LogP contribution in [-0.2, 0) is 27.1 Å². The summed E-state index contributed by atoms with van der Waals surface area (Å²) >= 11 is 0. The molecule has 0 amide bonds. The maximum atomic E-state index is 7.96. The van der Waals surface area contributed by atoms with Crippen LogP contribution in [0.3, 0.4) is 0 Å². The number of anilines is 6. The Morgan fingerprint density at radius 2 is 0.583 bits per heavy atom. The van der Waals surface area contributed by atoms with E-state index in [-0.39, 0.29) is 21.7 Å². The topological polar surface area (TPSA) is 37.7 Å². The van der Waals surface area contributed by atoms with E-state index >= 15 is 0 Å². The summed E-state index contributed by atoms with van der Waals surface area (Å²) in [5, 5.41) is 6.57. The molecule has 6 aliphatic rings. The predicted octanol–water partition coefficient (Wildman–Crippen LogP) is 27.4. The summed E-state index contributed by atoms with van der Waals surface area (Å²) in [6.45, 7) is 19.2. The lowest BCUT2D eigenvalue weighted by Crippen LogP contribution is -2.34. The van der Waals surface area contributed by atoms with E-state index in [2.05, 4.69) is 367 Å². The summed E-state index contributed by atoms with van der Waals surface area (Å²) in [6.07, 6.45) is 0. The third-order valence-electron chi connectivity index (χ3n) is 26.7. The minimum atomic E-state index is -1.04. The first-order valence-corrected chi connectivity index (χ1v) is 38.3. The molecule has 18 aromatic rings. The Morgan fingerprint density at radius 1 is 0.259 bits per heavy atom. The van der Waals surface area contributed by atoms with Crippen molar-refractivity contribution in [2.24, 2.45) is 0 Å². The minimum absolute atomic E-state index is 0.287. The second kappa shape index (κ2) is 20.5. The summed E-state index contributed by atoms with van der Waals surface area (Å²) in [5.74, 6) is 0. The van der Waals surface area contributed by atoms with Crippen LogP contribution in [0.1, 0.15) is 122 Å². The second-order valence-corrected chi connectivity index (χ2v) is 33.3. The first-order chi connectivity index (χ1) is 52.6. The van der Waals surface area contributed by atoms with Gasteiger partial charge in [0.15, 0.2) is 0 Å². The van der Waals surface area contributed by atoms with E-state index in [4.69, 9.17) is 8.83 Å². The fourth-order valence-corrected chi connectivity index (χ4v) is 21.8. The molecule has 108 heavy (non-hydrogen) atoms. The molecular weight excluding hydrogens is 1310 g/mol. The van der Waals surface area contributed by atoms with Gasteiger partial charge in [-0.15, -0.1) is 0 Å². The second-order valence-electron chi connectivity index (χ2n) is 33.3.